The van der Waals surface area contributed by atoms with Gasteiger partial charge in [-0.05, 0) is 51.9 Å². The number of ether oxygens (including phenoxy) is 3. The van der Waals surface area contributed by atoms with Crippen molar-refractivity contribution >= 4 is 24.2 Å². The van der Waals surface area contributed by atoms with Crippen LogP contribution in [-0.4, -0.2) is 31.7 Å². The summed E-state index contributed by atoms with van der Waals surface area (Å²) in [6.07, 6.45) is -0.676. The van der Waals surface area contributed by atoms with Crippen LogP contribution in [0, 0.1) is 5.92 Å². The minimum absolute atomic E-state index is 0.00671. The van der Waals surface area contributed by atoms with Crippen molar-refractivity contribution in [3.05, 3.63) is 106 Å². The molecule has 0 saturated carbocycles. The van der Waals surface area contributed by atoms with Gasteiger partial charge in [-0.25, -0.2) is 0 Å². The van der Waals surface area contributed by atoms with E-state index in [1.165, 1.54) is 0 Å². The lowest BCUT2D eigenvalue weighted by Crippen LogP contribution is -2.61. The molecule has 1 fully saturated rings. The Bertz CT molecular complexity index is 1310. The van der Waals surface area contributed by atoms with Gasteiger partial charge in [-0.2, -0.15) is 0 Å². The van der Waals surface area contributed by atoms with Gasteiger partial charge in [0.2, 0.25) is 14.1 Å². The van der Waals surface area contributed by atoms with E-state index < -0.39 is 26.3 Å². The molecule has 1 aliphatic heterocycles. The van der Waals surface area contributed by atoms with Crippen LogP contribution < -0.4 is 0 Å². The lowest BCUT2D eigenvalue weighted by atomic mass is 9.82. The maximum Gasteiger partial charge on any atom is 0.222 e. The second-order valence-electron chi connectivity index (χ2n) is 13.5. The van der Waals surface area contributed by atoms with E-state index in [2.05, 4.69) is 83.5 Å². The number of hydrogen-bond acceptors (Lipinski definition) is 5. The van der Waals surface area contributed by atoms with Crippen LogP contribution >= 0.6 is 15.9 Å². The van der Waals surface area contributed by atoms with Crippen molar-refractivity contribution in [1.82, 2.24) is 0 Å². The molecule has 0 aromatic heterocycles. The van der Waals surface area contributed by atoms with Gasteiger partial charge < -0.3 is 23.7 Å². The van der Waals surface area contributed by atoms with Gasteiger partial charge in [-0.1, -0.05) is 138 Å². The molecule has 5 nitrogen and oxygen atoms in total. The highest BCUT2D eigenvalue weighted by atomic mass is 79.9. The Labute approximate surface area is 280 Å². The molecular weight excluding hydrogens is 644 g/mol. The van der Waals surface area contributed by atoms with Crippen LogP contribution in [-0.2, 0) is 44.2 Å². The summed E-state index contributed by atoms with van der Waals surface area (Å²) in [6.45, 7) is 19.2. The molecule has 1 N–H and O–H groups in total. The first kappa shape index (κ1) is 36.0. The van der Waals surface area contributed by atoms with Crippen LogP contribution in [0.25, 0.3) is 0 Å². The Morgan fingerprint density at radius 2 is 1.33 bits per heavy atom. The molecule has 1 saturated heterocycles. The highest BCUT2D eigenvalue weighted by Crippen LogP contribution is 2.45. The van der Waals surface area contributed by atoms with Gasteiger partial charge in [-0.15, -0.1) is 0 Å². The van der Waals surface area contributed by atoms with E-state index >= 15 is 0 Å². The first-order chi connectivity index (χ1) is 21.4. The summed E-state index contributed by atoms with van der Waals surface area (Å²) in [4.78, 5) is 0. The van der Waals surface area contributed by atoms with E-state index in [4.69, 9.17) is 18.6 Å². The summed E-state index contributed by atoms with van der Waals surface area (Å²) in [5.74, 6) is -1.74. The average Bonchev–Trinajstić information content (AvgIpc) is 3.02. The summed E-state index contributed by atoms with van der Waals surface area (Å²) in [7, 11) is -2.11. The maximum absolute atomic E-state index is 12.7. The Balaban J connectivity index is 1.72. The lowest BCUT2D eigenvalue weighted by molar-refractivity contribution is -0.361. The largest absolute Gasteiger partial charge is 0.412 e. The molecule has 7 heteroatoms. The molecule has 0 amide bonds. The summed E-state index contributed by atoms with van der Waals surface area (Å²) >= 11 is 3.78. The third kappa shape index (κ3) is 8.00. The Morgan fingerprint density at radius 3 is 1.84 bits per heavy atom. The number of rotatable bonds is 14. The van der Waals surface area contributed by atoms with E-state index in [9.17, 15) is 5.11 Å². The molecule has 246 valence electrons. The number of aliphatic hydroxyl groups is 1. The van der Waals surface area contributed by atoms with E-state index in [0.29, 0.717) is 42.0 Å². The Hall–Kier alpha value is -1.84. The van der Waals surface area contributed by atoms with E-state index in [0.717, 1.165) is 27.6 Å². The molecule has 0 spiro atoms. The topological polar surface area (TPSA) is 57.2 Å². The Kier molecular flexibility index (Phi) is 12.7. The number of benzene rings is 3. The molecule has 45 heavy (non-hydrogen) atoms. The molecule has 1 unspecified atom stereocenters. The first-order valence-electron chi connectivity index (χ1n) is 16.6. The van der Waals surface area contributed by atoms with Gasteiger partial charge in [0.25, 0.3) is 0 Å². The molecule has 1 heterocycles. The summed E-state index contributed by atoms with van der Waals surface area (Å²) in [6, 6.07) is 26.2. The molecule has 1 aliphatic rings. The number of halogens is 1. The predicted molar refractivity (Wildman–Crippen MR) is 188 cm³/mol. The van der Waals surface area contributed by atoms with Crippen molar-refractivity contribution in [2.45, 2.75) is 122 Å². The summed E-state index contributed by atoms with van der Waals surface area (Å²) < 4.78 is 27.9. The van der Waals surface area contributed by atoms with Crippen molar-refractivity contribution in [3.63, 3.8) is 0 Å². The van der Waals surface area contributed by atoms with Gasteiger partial charge in [0.1, 0.15) is 6.10 Å². The highest BCUT2D eigenvalue weighted by Gasteiger charge is 2.55. The monoisotopic (exact) mass is 696 g/mol. The van der Waals surface area contributed by atoms with Crippen LogP contribution in [0.2, 0.25) is 16.6 Å². The standard InChI is InChI=1S/C38H53BrO5Si/c1-9-35-29(8)36(41-23-30-16-12-10-13-17-30)37(42-24-31-18-14-11-15-19-31)38(40,44-35)33-20-21-34(39)32(22-33)25-43-45(26(2)3,27(4)5)28(6)7/h10-22,26-29,35-37,40H,9,23-25H2,1-8H3/t29-,35-,36+,37-,38?/m1/s1. The average molecular weight is 698 g/mol. The zero-order chi connectivity index (χ0) is 32.8. The van der Waals surface area contributed by atoms with Crippen LogP contribution in [0.3, 0.4) is 0 Å². The minimum atomic E-state index is -2.11. The second kappa shape index (κ2) is 15.8. The third-order valence-electron chi connectivity index (χ3n) is 9.72. The zero-order valence-corrected chi connectivity index (χ0v) is 30.9. The highest BCUT2D eigenvalue weighted by molar-refractivity contribution is 9.10. The van der Waals surface area contributed by atoms with E-state index in [1.807, 2.05) is 66.7 Å². The minimum Gasteiger partial charge on any atom is -0.412 e. The lowest BCUT2D eigenvalue weighted by Gasteiger charge is -2.50. The van der Waals surface area contributed by atoms with Crippen molar-refractivity contribution < 1.29 is 23.7 Å². The van der Waals surface area contributed by atoms with Gasteiger partial charge in [-0.3, -0.25) is 0 Å². The normalized spacial score (nSPS) is 24.1. The van der Waals surface area contributed by atoms with E-state index in [-0.39, 0.29) is 12.0 Å². The van der Waals surface area contributed by atoms with Gasteiger partial charge in [0.15, 0.2) is 0 Å². The molecular formula is C38H53BrO5Si. The zero-order valence-electron chi connectivity index (χ0n) is 28.3. The predicted octanol–water partition coefficient (Wildman–Crippen LogP) is 9.90. The molecule has 0 aliphatic carbocycles. The van der Waals surface area contributed by atoms with Crippen LogP contribution in [0.15, 0.2) is 83.3 Å². The molecule has 3 aromatic rings. The number of hydrogen-bond donors (Lipinski definition) is 1. The van der Waals surface area contributed by atoms with Crippen molar-refractivity contribution in [2.75, 3.05) is 0 Å². The van der Waals surface area contributed by atoms with Crippen LogP contribution in [0.4, 0.5) is 0 Å². The van der Waals surface area contributed by atoms with Gasteiger partial charge in [0.05, 0.1) is 32.0 Å². The Morgan fingerprint density at radius 1 is 0.800 bits per heavy atom. The molecule has 0 radical (unpaired) electrons. The molecule has 4 rings (SSSR count). The third-order valence-corrected chi connectivity index (χ3v) is 16.6. The molecule has 0 bridgehead atoms. The van der Waals surface area contributed by atoms with Gasteiger partial charge in [0, 0.05) is 16.0 Å². The van der Waals surface area contributed by atoms with Crippen molar-refractivity contribution in [2.24, 2.45) is 5.92 Å². The first-order valence-corrected chi connectivity index (χ1v) is 19.5. The smallest absolute Gasteiger partial charge is 0.222 e. The molecule has 3 aromatic carbocycles. The van der Waals surface area contributed by atoms with Crippen molar-refractivity contribution in [3.8, 4) is 0 Å². The van der Waals surface area contributed by atoms with Crippen LogP contribution in [0.5, 0.6) is 0 Å². The molecule has 5 atom stereocenters. The summed E-state index contributed by atoms with van der Waals surface area (Å²) in [5.41, 5.74) is 5.13. The summed E-state index contributed by atoms with van der Waals surface area (Å²) in [5, 5.41) is 12.7. The maximum atomic E-state index is 12.7. The quantitative estimate of drug-likeness (QED) is 0.170. The fourth-order valence-electron chi connectivity index (χ4n) is 7.39. The van der Waals surface area contributed by atoms with Gasteiger partial charge >= 0.3 is 0 Å². The van der Waals surface area contributed by atoms with Crippen LogP contribution in [0.1, 0.15) is 84.1 Å². The SMILES string of the molecule is CC[C@H]1OC(O)(c2ccc(Br)c(CO[Si](C(C)C)(C(C)C)C(C)C)c2)[C@H](OCc2ccccc2)[C@@H](OCc2ccccc2)[C@@H]1C. The fourth-order valence-corrected chi connectivity index (χ4v) is 13.2. The fraction of sp³-hybridized carbons (Fsp3) is 0.526. The van der Waals surface area contributed by atoms with E-state index in [1.54, 1.807) is 0 Å². The second-order valence-corrected chi connectivity index (χ2v) is 19.8. The van der Waals surface area contributed by atoms with Crippen molar-refractivity contribution in [1.29, 1.82) is 0 Å².